The Morgan fingerprint density at radius 1 is 1.08 bits per heavy atom. The number of rotatable bonds is 3. The third kappa shape index (κ3) is 3.75. The average molecular weight is 368 g/mol. The van der Waals surface area contributed by atoms with Gasteiger partial charge in [-0.3, -0.25) is 4.79 Å². The molecule has 0 aliphatic carbocycles. The third-order valence-corrected chi connectivity index (χ3v) is 4.15. The molecule has 0 unspecified atom stereocenters. The van der Waals surface area contributed by atoms with Crippen LogP contribution in [0.25, 0.3) is 0 Å². The first-order valence-electron chi connectivity index (χ1n) is 7.37. The van der Waals surface area contributed by atoms with Crippen molar-refractivity contribution in [1.82, 2.24) is 4.90 Å². The fourth-order valence-corrected chi connectivity index (χ4v) is 2.75. The lowest BCUT2D eigenvalue weighted by Crippen LogP contribution is -2.40. The number of hydrogen-bond acceptors (Lipinski definition) is 4. The summed E-state index contributed by atoms with van der Waals surface area (Å²) in [5, 5.41) is 10.5. The molecule has 1 amide bonds. The van der Waals surface area contributed by atoms with Gasteiger partial charge in [0.2, 0.25) is 0 Å². The van der Waals surface area contributed by atoms with Crippen LogP contribution in [0.3, 0.4) is 0 Å². The SMILES string of the molecule is O=C(c1ccc(Oc2ccc(Cl)cc2O)c(Cl)c1)N1CCOCC1. The summed E-state index contributed by atoms with van der Waals surface area (Å²) in [5.41, 5.74) is 0.481. The fraction of sp³-hybridized carbons (Fsp3) is 0.235. The molecule has 3 rings (SSSR count). The van der Waals surface area contributed by atoms with E-state index in [1.165, 1.54) is 6.07 Å². The van der Waals surface area contributed by atoms with Gasteiger partial charge in [-0.05, 0) is 30.3 Å². The molecule has 1 aliphatic heterocycles. The van der Waals surface area contributed by atoms with Gasteiger partial charge in [0, 0.05) is 29.7 Å². The molecule has 1 fully saturated rings. The Labute approximate surface area is 149 Å². The van der Waals surface area contributed by atoms with Gasteiger partial charge in [0.1, 0.15) is 5.75 Å². The number of halogens is 2. The van der Waals surface area contributed by atoms with Crippen LogP contribution in [0, 0.1) is 0 Å². The number of carbonyl (C=O) groups excluding carboxylic acids is 1. The van der Waals surface area contributed by atoms with Crippen molar-refractivity contribution >= 4 is 29.1 Å². The van der Waals surface area contributed by atoms with Gasteiger partial charge in [-0.15, -0.1) is 0 Å². The van der Waals surface area contributed by atoms with Crippen molar-refractivity contribution in [2.45, 2.75) is 0 Å². The largest absolute Gasteiger partial charge is 0.504 e. The lowest BCUT2D eigenvalue weighted by atomic mass is 10.2. The van der Waals surface area contributed by atoms with Crippen molar-refractivity contribution in [1.29, 1.82) is 0 Å². The topological polar surface area (TPSA) is 59.0 Å². The lowest BCUT2D eigenvalue weighted by Gasteiger charge is -2.27. The van der Waals surface area contributed by atoms with Gasteiger partial charge >= 0.3 is 0 Å². The van der Waals surface area contributed by atoms with Crippen molar-refractivity contribution in [3.8, 4) is 17.2 Å². The first kappa shape index (κ1) is 16.9. The smallest absolute Gasteiger partial charge is 0.254 e. The van der Waals surface area contributed by atoms with E-state index in [4.69, 9.17) is 32.7 Å². The van der Waals surface area contributed by atoms with Gasteiger partial charge in [0.05, 0.1) is 18.2 Å². The summed E-state index contributed by atoms with van der Waals surface area (Å²) in [6.07, 6.45) is 0. The molecule has 1 aliphatic rings. The number of amides is 1. The van der Waals surface area contributed by atoms with Crippen LogP contribution in [0.15, 0.2) is 36.4 Å². The van der Waals surface area contributed by atoms with E-state index < -0.39 is 0 Å². The summed E-state index contributed by atoms with van der Waals surface area (Å²) in [4.78, 5) is 14.2. The molecule has 0 bridgehead atoms. The van der Waals surface area contributed by atoms with Crippen molar-refractivity contribution < 1.29 is 19.4 Å². The second-order valence-corrected chi connectivity index (χ2v) is 6.11. The Hall–Kier alpha value is -1.95. The highest BCUT2D eigenvalue weighted by molar-refractivity contribution is 6.32. The van der Waals surface area contributed by atoms with E-state index in [1.54, 1.807) is 35.2 Å². The van der Waals surface area contributed by atoms with Crippen molar-refractivity contribution in [2.75, 3.05) is 26.3 Å². The van der Waals surface area contributed by atoms with E-state index in [0.29, 0.717) is 42.6 Å². The maximum atomic E-state index is 12.4. The summed E-state index contributed by atoms with van der Waals surface area (Å²) in [5.74, 6) is 0.384. The molecular weight excluding hydrogens is 353 g/mol. The van der Waals surface area contributed by atoms with E-state index >= 15 is 0 Å². The van der Waals surface area contributed by atoms with E-state index in [2.05, 4.69) is 0 Å². The predicted octanol–water partition coefficient (Wildman–Crippen LogP) is 3.96. The van der Waals surface area contributed by atoms with Crippen molar-refractivity contribution in [3.05, 3.63) is 52.0 Å². The van der Waals surface area contributed by atoms with Crippen LogP contribution >= 0.6 is 23.2 Å². The van der Waals surface area contributed by atoms with E-state index in [9.17, 15) is 9.90 Å². The zero-order chi connectivity index (χ0) is 17.1. The highest BCUT2D eigenvalue weighted by Crippen LogP contribution is 2.36. The molecule has 1 heterocycles. The minimum atomic E-state index is -0.0962. The van der Waals surface area contributed by atoms with Gasteiger partial charge in [0.15, 0.2) is 11.5 Å². The molecule has 1 saturated heterocycles. The summed E-state index contributed by atoms with van der Waals surface area (Å²) in [6.45, 7) is 2.20. The molecular formula is C17H15Cl2NO4. The molecule has 2 aromatic carbocycles. The molecule has 2 aromatic rings. The van der Waals surface area contributed by atoms with E-state index in [0.717, 1.165) is 0 Å². The van der Waals surface area contributed by atoms with E-state index in [-0.39, 0.29) is 22.4 Å². The van der Waals surface area contributed by atoms with Gasteiger partial charge in [-0.2, -0.15) is 0 Å². The summed E-state index contributed by atoms with van der Waals surface area (Å²) in [7, 11) is 0. The maximum Gasteiger partial charge on any atom is 0.254 e. The lowest BCUT2D eigenvalue weighted by molar-refractivity contribution is 0.0303. The number of hydrogen-bond donors (Lipinski definition) is 1. The number of nitrogens with zero attached hydrogens (tertiary/aromatic N) is 1. The summed E-state index contributed by atoms with van der Waals surface area (Å²) in [6, 6.07) is 9.32. The van der Waals surface area contributed by atoms with Crippen LogP contribution in [0.4, 0.5) is 0 Å². The number of phenolic OH excluding ortho intramolecular Hbond substituents is 1. The van der Waals surface area contributed by atoms with Gasteiger partial charge in [0.25, 0.3) is 5.91 Å². The van der Waals surface area contributed by atoms with E-state index in [1.807, 2.05) is 0 Å². The molecule has 1 N–H and O–H groups in total. The van der Waals surface area contributed by atoms with Gasteiger partial charge < -0.3 is 19.5 Å². The molecule has 24 heavy (non-hydrogen) atoms. The van der Waals surface area contributed by atoms with Crippen LogP contribution < -0.4 is 4.74 Å². The van der Waals surface area contributed by atoms with Crippen LogP contribution in [-0.4, -0.2) is 42.2 Å². The quantitative estimate of drug-likeness (QED) is 0.891. The summed E-state index contributed by atoms with van der Waals surface area (Å²) < 4.78 is 10.8. The predicted molar refractivity (Wildman–Crippen MR) is 91.4 cm³/mol. The normalized spacial score (nSPS) is 14.5. The van der Waals surface area contributed by atoms with Crippen LogP contribution in [0.5, 0.6) is 17.2 Å². The zero-order valence-corrected chi connectivity index (χ0v) is 14.2. The molecule has 5 nitrogen and oxygen atoms in total. The van der Waals surface area contributed by atoms with Gasteiger partial charge in [-0.25, -0.2) is 0 Å². The standard InChI is InChI=1S/C17H15Cl2NO4/c18-12-2-4-16(14(21)10-12)24-15-3-1-11(9-13(15)19)17(22)20-5-7-23-8-6-20/h1-4,9-10,21H,5-8H2. The number of aromatic hydroxyl groups is 1. The Kier molecular flexibility index (Phi) is 5.14. The average Bonchev–Trinajstić information content (AvgIpc) is 2.59. The molecule has 0 atom stereocenters. The molecule has 126 valence electrons. The first-order valence-corrected chi connectivity index (χ1v) is 8.13. The minimum Gasteiger partial charge on any atom is -0.504 e. The van der Waals surface area contributed by atoms with Crippen molar-refractivity contribution in [3.63, 3.8) is 0 Å². The first-order chi connectivity index (χ1) is 11.5. The molecule has 0 spiro atoms. The second-order valence-electron chi connectivity index (χ2n) is 5.26. The van der Waals surface area contributed by atoms with Gasteiger partial charge in [-0.1, -0.05) is 23.2 Å². The number of benzene rings is 2. The third-order valence-electron chi connectivity index (χ3n) is 3.62. The molecule has 0 aromatic heterocycles. The van der Waals surface area contributed by atoms with Crippen molar-refractivity contribution in [2.24, 2.45) is 0 Å². The highest BCUT2D eigenvalue weighted by Gasteiger charge is 2.19. The Morgan fingerprint density at radius 3 is 2.46 bits per heavy atom. The second kappa shape index (κ2) is 7.30. The molecule has 0 radical (unpaired) electrons. The Bertz CT molecular complexity index is 760. The molecule has 0 saturated carbocycles. The number of phenols is 1. The zero-order valence-electron chi connectivity index (χ0n) is 12.7. The number of carbonyl (C=O) groups is 1. The highest BCUT2D eigenvalue weighted by atomic mass is 35.5. The minimum absolute atomic E-state index is 0.0907. The van der Waals surface area contributed by atoms with Crippen LogP contribution in [0.1, 0.15) is 10.4 Å². The summed E-state index contributed by atoms with van der Waals surface area (Å²) >= 11 is 12.0. The molecule has 7 heteroatoms. The Balaban J connectivity index is 1.78. The number of ether oxygens (including phenoxy) is 2. The fourth-order valence-electron chi connectivity index (χ4n) is 2.36. The maximum absolute atomic E-state index is 12.4. The Morgan fingerprint density at radius 2 is 1.79 bits per heavy atom. The number of morpholine rings is 1. The van der Waals surface area contributed by atoms with Crippen LogP contribution in [0.2, 0.25) is 10.0 Å². The van der Waals surface area contributed by atoms with Crippen LogP contribution in [-0.2, 0) is 4.74 Å². The monoisotopic (exact) mass is 367 g/mol.